The molecule has 1 fully saturated rings. The molecular formula is C24H23N5O2S. The number of carbonyl (C=O) groups is 1. The minimum Gasteiger partial charge on any atom is -0.495 e. The molecular weight excluding hydrogens is 422 g/mol. The number of hydrogen-bond donors (Lipinski definition) is 1. The molecule has 2 N–H and O–H groups in total. The van der Waals surface area contributed by atoms with Gasteiger partial charge in [-0.3, -0.25) is 4.79 Å². The lowest BCUT2D eigenvalue weighted by atomic mass is 10.0. The normalized spacial score (nSPS) is 15.8. The number of fused-ring (bicyclic) bond motifs is 2. The minimum absolute atomic E-state index is 0.128. The van der Waals surface area contributed by atoms with Crippen LogP contribution >= 0.6 is 11.3 Å². The van der Waals surface area contributed by atoms with Crippen molar-refractivity contribution in [3.63, 3.8) is 0 Å². The predicted molar refractivity (Wildman–Crippen MR) is 127 cm³/mol. The Balaban J connectivity index is 1.63. The maximum Gasteiger partial charge on any atom is 0.298 e. The predicted octanol–water partition coefficient (Wildman–Crippen LogP) is 3.85. The zero-order valence-electron chi connectivity index (χ0n) is 18.2. The van der Waals surface area contributed by atoms with E-state index in [0.717, 1.165) is 49.5 Å². The molecule has 4 aromatic rings. The smallest absolute Gasteiger partial charge is 0.298 e. The van der Waals surface area contributed by atoms with Crippen molar-refractivity contribution in [3.8, 4) is 28.0 Å². The highest BCUT2D eigenvalue weighted by atomic mass is 32.1. The summed E-state index contributed by atoms with van der Waals surface area (Å²) in [5.74, 6) is 6.66. The summed E-state index contributed by atoms with van der Waals surface area (Å²) in [6, 6.07) is 8.52. The third-order valence-corrected chi connectivity index (χ3v) is 7.15. The number of aryl methyl sites for hydroxylation is 1. The molecule has 1 aliphatic rings. The molecule has 4 heterocycles. The van der Waals surface area contributed by atoms with Crippen LogP contribution in [-0.2, 0) is 4.79 Å². The average Bonchev–Trinajstić information content (AvgIpc) is 3.49. The number of amides is 1. The van der Waals surface area contributed by atoms with Crippen molar-refractivity contribution >= 4 is 38.7 Å². The lowest BCUT2D eigenvalue weighted by Gasteiger charge is -2.13. The molecule has 1 atom stereocenters. The Morgan fingerprint density at radius 1 is 1.31 bits per heavy atom. The van der Waals surface area contributed by atoms with E-state index in [-0.39, 0.29) is 11.8 Å². The number of ether oxygens (including phenoxy) is 1. The van der Waals surface area contributed by atoms with Crippen LogP contribution in [0.25, 0.3) is 26.0 Å². The van der Waals surface area contributed by atoms with Gasteiger partial charge in [-0.1, -0.05) is 12.0 Å². The summed E-state index contributed by atoms with van der Waals surface area (Å²) >= 11 is 1.67. The van der Waals surface area contributed by atoms with Crippen LogP contribution in [0.3, 0.4) is 0 Å². The number of thiophene rings is 1. The Morgan fingerprint density at radius 2 is 2.16 bits per heavy atom. The van der Waals surface area contributed by atoms with Gasteiger partial charge in [0.25, 0.3) is 5.91 Å². The van der Waals surface area contributed by atoms with Crippen LogP contribution < -0.4 is 10.5 Å². The van der Waals surface area contributed by atoms with Crippen molar-refractivity contribution in [2.75, 3.05) is 25.9 Å². The maximum atomic E-state index is 12.2. The van der Waals surface area contributed by atoms with E-state index in [2.05, 4.69) is 47.0 Å². The summed E-state index contributed by atoms with van der Waals surface area (Å²) < 4.78 is 8.60. The van der Waals surface area contributed by atoms with Crippen LogP contribution in [0, 0.1) is 18.8 Å². The number of methoxy groups -OCH3 is 1. The van der Waals surface area contributed by atoms with Crippen LogP contribution in [0.15, 0.2) is 30.6 Å². The quantitative estimate of drug-likeness (QED) is 0.484. The van der Waals surface area contributed by atoms with Gasteiger partial charge in [0.2, 0.25) is 0 Å². The van der Waals surface area contributed by atoms with Gasteiger partial charge in [-0.25, -0.2) is 9.50 Å². The van der Waals surface area contributed by atoms with Gasteiger partial charge in [0.15, 0.2) is 5.82 Å². The standard InChI is InChI=1S/C24H23N5O2S/c1-4-5-21(30)28-7-6-15(12-28)18-11-17(22-24(25)26-13-27-29(18)22)20-10-16-8-14(2)9-19(31-3)23(16)32-20/h8-11,13,15H,6-7,12H2,1-3H3,(H2,25,26,27)/t15-/m1/s1. The zero-order valence-corrected chi connectivity index (χ0v) is 19.0. The molecule has 0 aliphatic carbocycles. The van der Waals surface area contributed by atoms with E-state index in [4.69, 9.17) is 10.5 Å². The SMILES string of the molecule is CC#CC(=O)N1CC[C@@H](c2cc(-c3cc4cc(C)cc(OC)c4s3)c3c(N)ncnn23)C1. The second-order valence-corrected chi connectivity index (χ2v) is 9.05. The Labute approximate surface area is 189 Å². The number of carbonyl (C=O) groups excluding carboxylic acids is 1. The van der Waals surface area contributed by atoms with Gasteiger partial charge in [0, 0.05) is 35.1 Å². The lowest BCUT2D eigenvalue weighted by molar-refractivity contribution is -0.124. The number of rotatable bonds is 3. The van der Waals surface area contributed by atoms with Crippen molar-refractivity contribution < 1.29 is 9.53 Å². The topological polar surface area (TPSA) is 85.8 Å². The summed E-state index contributed by atoms with van der Waals surface area (Å²) in [5, 5.41) is 5.65. The largest absolute Gasteiger partial charge is 0.495 e. The summed E-state index contributed by atoms with van der Waals surface area (Å²) in [5.41, 5.74) is 10.3. The molecule has 1 aliphatic heterocycles. The summed E-state index contributed by atoms with van der Waals surface area (Å²) in [6.07, 6.45) is 2.33. The van der Waals surface area contributed by atoms with Gasteiger partial charge in [-0.2, -0.15) is 5.10 Å². The summed E-state index contributed by atoms with van der Waals surface area (Å²) in [4.78, 5) is 19.4. The van der Waals surface area contributed by atoms with E-state index in [1.165, 1.54) is 6.33 Å². The van der Waals surface area contributed by atoms with Gasteiger partial charge < -0.3 is 15.4 Å². The molecule has 0 spiro atoms. The third-order valence-electron chi connectivity index (χ3n) is 5.95. The molecule has 5 rings (SSSR count). The highest BCUT2D eigenvalue weighted by molar-refractivity contribution is 7.22. The highest BCUT2D eigenvalue weighted by Crippen LogP contribution is 2.43. The first-order chi connectivity index (χ1) is 15.5. The maximum absolute atomic E-state index is 12.2. The van der Waals surface area contributed by atoms with Crippen LogP contribution in [0.5, 0.6) is 5.75 Å². The van der Waals surface area contributed by atoms with Crippen molar-refractivity contribution in [2.24, 2.45) is 0 Å². The van der Waals surface area contributed by atoms with Crippen molar-refractivity contribution in [1.29, 1.82) is 0 Å². The molecule has 0 bridgehead atoms. The molecule has 8 heteroatoms. The number of benzene rings is 1. The molecule has 7 nitrogen and oxygen atoms in total. The van der Waals surface area contributed by atoms with Crippen LogP contribution in [-0.4, -0.2) is 45.6 Å². The molecule has 0 saturated carbocycles. The molecule has 3 aromatic heterocycles. The number of nitrogens with zero attached hydrogens (tertiary/aromatic N) is 4. The highest BCUT2D eigenvalue weighted by Gasteiger charge is 2.30. The van der Waals surface area contributed by atoms with Crippen molar-refractivity contribution in [1.82, 2.24) is 19.5 Å². The number of aromatic nitrogens is 3. The number of nitrogens with two attached hydrogens (primary N) is 1. The van der Waals surface area contributed by atoms with Gasteiger partial charge in [0.05, 0.1) is 11.8 Å². The van der Waals surface area contributed by atoms with E-state index in [1.54, 1.807) is 30.3 Å². The van der Waals surface area contributed by atoms with Crippen LogP contribution in [0.2, 0.25) is 0 Å². The second-order valence-electron chi connectivity index (χ2n) is 8.00. The number of likely N-dealkylation sites (tertiary alicyclic amines) is 1. The molecule has 162 valence electrons. The molecule has 0 radical (unpaired) electrons. The Morgan fingerprint density at radius 3 is 2.94 bits per heavy atom. The number of anilines is 1. The first-order valence-electron chi connectivity index (χ1n) is 10.4. The Bertz CT molecular complexity index is 1430. The second kappa shape index (κ2) is 7.84. The fourth-order valence-corrected chi connectivity index (χ4v) is 5.64. The first-order valence-corrected chi connectivity index (χ1v) is 11.2. The Kier molecular flexibility index (Phi) is 4.98. The molecule has 1 amide bonds. The fraction of sp³-hybridized carbons (Fsp3) is 0.292. The molecule has 1 aromatic carbocycles. The fourth-order valence-electron chi connectivity index (χ4n) is 4.49. The van der Waals surface area contributed by atoms with Crippen molar-refractivity contribution in [2.45, 2.75) is 26.2 Å². The molecule has 1 saturated heterocycles. The Hall–Kier alpha value is -3.57. The zero-order chi connectivity index (χ0) is 22.4. The number of hydrogen-bond acceptors (Lipinski definition) is 6. The van der Waals surface area contributed by atoms with E-state index in [0.29, 0.717) is 18.9 Å². The lowest BCUT2D eigenvalue weighted by Crippen LogP contribution is -2.27. The van der Waals surface area contributed by atoms with E-state index in [9.17, 15) is 4.79 Å². The summed E-state index contributed by atoms with van der Waals surface area (Å²) in [7, 11) is 1.70. The van der Waals surface area contributed by atoms with Gasteiger partial charge in [-0.15, -0.1) is 11.3 Å². The van der Waals surface area contributed by atoms with Crippen molar-refractivity contribution in [3.05, 3.63) is 41.9 Å². The molecule has 0 unspecified atom stereocenters. The summed E-state index contributed by atoms with van der Waals surface area (Å²) in [6.45, 7) is 5.04. The van der Waals surface area contributed by atoms with E-state index < -0.39 is 0 Å². The van der Waals surface area contributed by atoms with Gasteiger partial charge in [-0.05, 0) is 55.3 Å². The third kappa shape index (κ3) is 3.26. The number of nitrogen functional groups attached to an aromatic ring is 1. The van der Waals surface area contributed by atoms with E-state index >= 15 is 0 Å². The monoisotopic (exact) mass is 445 g/mol. The van der Waals surface area contributed by atoms with Gasteiger partial charge >= 0.3 is 0 Å². The molecule has 32 heavy (non-hydrogen) atoms. The first kappa shape index (κ1) is 20.3. The van der Waals surface area contributed by atoms with E-state index in [1.807, 2.05) is 10.6 Å². The van der Waals surface area contributed by atoms with Gasteiger partial charge in [0.1, 0.15) is 17.6 Å². The average molecular weight is 446 g/mol. The van der Waals surface area contributed by atoms with Crippen LogP contribution in [0.4, 0.5) is 5.82 Å². The minimum atomic E-state index is -0.128. The van der Waals surface area contributed by atoms with Crippen LogP contribution in [0.1, 0.15) is 30.5 Å².